The molecular weight excluding hydrogens is 348 g/mol. The molecule has 0 spiro atoms. The van der Waals surface area contributed by atoms with E-state index in [9.17, 15) is 4.79 Å². The smallest absolute Gasteiger partial charge is 0.226 e. The van der Waals surface area contributed by atoms with Crippen molar-refractivity contribution in [1.82, 2.24) is 4.98 Å². The molecule has 0 saturated heterocycles. The minimum absolute atomic E-state index is 0.0536. The summed E-state index contributed by atoms with van der Waals surface area (Å²) in [6.45, 7) is 0.170. The zero-order valence-electron chi connectivity index (χ0n) is 14.8. The summed E-state index contributed by atoms with van der Waals surface area (Å²) in [5, 5.41) is 8.84. The number of nitrogens with zero attached hydrogens (tertiary/aromatic N) is 1. The fourth-order valence-corrected chi connectivity index (χ4v) is 2.60. The number of aliphatic hydroxyl groups is 1. The van der Waals surface area contributed by atoms with Gasteiger partial charge >= 0.3 is 0 Å². The van der Waals surface area contributed by atoms with Crippen molar-refractivity contribution in [2.75, 3.05) is 20.3 Å². The number of rotatable bonds is 8. The van der Waals surface area contributed by atoms with Gasteiger partial charge in [0.25, 0.3) is 0 Å². The molecule has 0 unspecified atom stereocenters. The lowest BCUT2D eigenvalue weighted by molar-refractivity contribution is -0.117. The molecule has 0 aliphatic heterocycles. The Balaban J connectivity index is 1.99. The second kappa shape index (κ2) is 8.37. The molecule has 3 aromatic rings. The summed E-state index contributed by atoms with van der Waals surface area (Å²) in [5.74, 6) is 1.63. The summed E-state index contributed by atoms with van der Waals surface area (Å²) in [6.07, 6.45) is -0.0825. The molecule has 0 atom stereocenters. The first kappa shape index (κ1) is 18.5. The molecule has 0 aliphatic rings. The number of aliphatic hydroxyl groups excluding tert-OH is 1. The maximum atomic E-state index is 11.3. The number of benzene rings is 2. The summed E-state index contributed by atoms with van der Waals surface area (Å²) in [5.41, 5.74) is 7.49. The molecule has 140 valence electrons. The third-order valence-electron chi connectivity index (χ3n) is 3.84. The van der Waals surface area contributed by atoms with Crippen LogP contribution in [0.25, 0.3) is 22.6 Å². The van der Waals surface area contributed by atoms with Gasteiger partial charge in [0.2, 0.25) is 11.8 Å². The number of hydrogen-bond donors (Lipinski definition) is 2. The van der Waals surface area contributed by atoms with Gasteiger partial charge in [0, 0.05) is 11.1 Å². The molecular formula is C20H20N2O5. The number of methoxy groups -OCH3 is 1. The molecule has 3 rings (SSSR count). The minimum atomic E-state index is -0.517. The van der Waals surface area contributed by atoms with Crippen molar-refractivity contribution in [1.29, 1.82) is 0 Å². The van der Waals surface area contributed by atoms with Crippen molar-refractivity contribution in [3.8, 4) is 34.1 Å². The van der Waals surface area contributed by atoms with Gasteiger partial charge in [-0.15, -0.1) is 0 Å². The van der Waals surface area contributed by atoms with Gasteiger partial charge in [-0.05, 0) is 48.5 Å². The van der Waals surface area contributed by atoms with Crippen LogP contribution in [-0.2, 0) is 11.2 Å². The van der Waals surface area contributed by atoms with E-state index in [2.05, 4.69) is 4.98 Å². The predicted octanol–water partition coefficient (Wildman–Crippen LogP) is 2.42. The maximum Gasteiger partial charge on any atom is 0.226 e. The zero-order valence-corrected chi connectivity index (χ0v) is 14.8. The number of aromatic nitrogens is 1. The highest BCUT2D eigenvalue weighted by Gasteiger charge is 2.18. The largest absolute Gasteiger partial charge is 0.497 e. The van der Waals surface area contributed by atoms with E-state index in [4.69, 9.17) is 24.7 Å². The molecule has 3 N–H and O–H groups in total. The molecule has 0 aliphatic carbocycles. The second-order valence-electron chi connectivity index (χ2n) is 5.75. The Hall–Kier alpha value is -3.32. The van der Waals surface area contributed by atoms with Gasteiger partial charge in [-0.3, -0.25) is 4.79 Å². The highest BCUT2D eigenvalue weighted by molar-refractivity contribution is 5.79. The average Bonchev–Trinajstić information content (AvgIpc) is 3.10. The van der Waals surface area contributed by atoms with Crippen molar-refractivity contribution in [2.45, 2.75) is 6.42 Å². The van der Waals surface area contributed by atoms with Crippen LogP contribution in [0.2, 0.25) is 0 Å². The minimum Gasteiger partial charge on any atom is -0.497 e. The molecule has 2 aromatic carbocycles. The lowest BCUT2D eigenvalue weighted by Crippen LogP contribution is -2.13. The summed E-state index contributed by atoms with van der Waals surface area (Å²) >= 11 is 0. The van der Waals surface area contributed by atoms with E-state index in [1.165, 1.54) is 0 Å². The van der Waals surface area contributed by atoms with Gasteiger partial charge in [0.1, 0.15) is 30.2 Å². The molecule has 1 aromatic heterocycles. The molecule has 0 fully saturated rings. The van der Waals surface area contributed by atoms with Crippen LogP contribution in [0, 0.1) is 0 Å². The van der Waals surface area contributed by atoms with E-state index in [1.807, 2.05) is 36.4 Å². The topological polar surface area (TPSA) is 108 Å². The summed E-state index contributed by atoms with van der Waals surface area (Å²) < 4.78 is 16.4. The van der Waals surface area contributed by atoms with E-state index in [0.29, 0.717) is 17.2 Å². The molecule has 1 amide bonds. The van der Waals surface area contributed by atoms with Crippen LogP contribution in [0.5, 0.6) is 11.5 Å². The van der Waals surface area contributed by atoms with Crippen molar-refractivity contribution in [3.05, 3.63) is 54.4 Å². The van der Waals surface area contributed by atoms with E-state index in [0.717, 1.165) is 16.9 Å². The Labute approximate surface area is 156 Å². The van der Waals surface area contributed by atoms with Crippen molar-refractivity contribution in [3.63, 3.8) is 0 Å². The zero-order chi connectivity index (χ0) is 19.2. The third-order valence-corrected chi connectivity index (χ3v) is 3.84. The van der Waals surface area contributed by atoms with E-state index in [-0.39, 0.29) is 25.5 Å². The fraction of sp³-hybridized carbons (Fsp3) is 0.200. The predicted molar refractivity (Wildman–Crippen MR) is 99.4 cm³/mol. The van der Waals surface area contributed by atoms with Crippen molar-refractivity contribution >= 4 is 5.91 Å². The number of nitrogens with two attached hydrogens (primary N) is 1. The van der Waals surface area contributed by atoms with Crippen LogP contribution in [-0.4, -0.2) is 36.3 Å². The molecule has 1 heterocycles. The van der Waals surface area contributed by atoms with E-state index >= 15 is 0 Å². The first-order valence-corrected chi connectivity index (χ1v) is 8.37. The van der Waals surface area contributed by atoms with Crippen LogP contribution in [0.3, 0.4) is 0 Å². The average molecular weight is 368 g/mol. The van der Waals surface area contributed by atoms with Crippen LogP contribution in [0.1, 0.15) is 5.89 Å². The quantitative estimate of drug-likeness (QED) is 0.632. The van der Waals surface area contributed by atoms with Gasteiger partial charge in [0.15, 0.2) is 5.76 Å². The lowest BCUT2D eigenvalue weighted by Gasteiger charge is -2.06. The number of hydrogen-bond acceptors (Lipinski definition) is 6. The highest BCUT2D eigenvalue weighted by atomic mass is 16.5. The Morgan fingerprint density at radius 2 is 1.70 bits per heavy atom. The van der Waals surface area contributed by atoms with Gasteiger partial charge in [0.05, 0.1) is 13.7 Å². The summed E-state index contributed by atoms with van der Waals surface area (Å²) in [6, 6.07) is 14.6. The van der Waals surface area contributed by atoms with Gasteiger partial charge < -0.3 is 24.7 Å². The molecule has 7 nitrogen and oxygen atoms in total. The van der Waals surface area contributed by atoms with E-state index in [1.54, 1.807) is 19.2 Å². The Morgan fingerprint density at radius 1 is 1.07 bits per heavy atom. The number of primary amides is 1. The Bertz CT molecular complexity index is 901. The van der Waals surface area contributed by atoms with Crippen molar-refractivity contribution < 1.29 is 23.8 Å². The SMILES string of the molecule is COc1ccc(-c2nc(CC(N)=O)oc2-c2ccc(OCCO)cc2)cc1. The van der Waals surface area contributed by atoms with Gasteiger partial charge in [-0.25, -0.2) is 4.98 Å². The number of oxazole rings is 1. The number of carbonyl (C=O) groups is 1. The monoisotopic (exact) mass is 368 g/mol. The number of carbonyl (C=O) groups excluding carboxylic acids is 1. The van der Waals surface area contributed by atoms with Gasteiger partial charge in [-0.1, -0.05) is 0 Å². The molecule has 0 saturated carbocycles. The van der Waals surface area contributed by atoms with Gasteiger partial charge in [-0.2, -0.15) is 0 Å². The molecule has 7 heteroatoms. The Morgan fingerprint density at radius 3 is 2.30 bits per heavy atom. The number of amides is 1. The molecule has 0 bridgehead atoms. The van der Waals surface area contributed by atoms with Crippen molar-refractivity contribution in [2.24, 2.45) is 5.73 Å². The standard InChI is InChI=1S/C20H20N2O5/c1-25-15-6-2-13(3-7-15)19-20(27-18(22-19)12-17(21)24)14-4-8-16(9-5-14)26-11-10-23/h2-9,23H,10-12H2,1H3,(H2,21,24). The summed E-state index contributed by atoms with van der Waals surface area (Å²) in [4.78, 5) is 15.7. The van der Waals surface area contributed by atoms with E-state index < -0.39 is 5.91 Å². The lowest BCUT2D eigenvalue weighted by atomic mass is 10.1. The second-order valence-corrected chi connectivity index (χ2v) is 5.75. The highest BCUT2D eigenvalue weighted by Crippen LogP contribution is 2.34. The molecule has 0 radical (unpaired) electrons. The maximum absolute atomic E-state index is 11.3. The normalized spacial score (nSPS) is 10.6. The summed E-state index contributed by atoms with van der Waals surface area (Å²) in [7, 11) is 1.60. The fourth-order valence-electron chi connectivity index (χ4n) is 2.60. The van der Waals surface area contributed by atoms with Crippen LogP contribution >= 0.6 is 0 Å². The van der Waals surface area contributed by atoms with Crippen LogP contribution < -0.4 is 15.2 Å². The van der Waals surface area contributed by atoms with Crippen LogP contribution in [0.4, 0.5) is 0 Å². The third kappa shape index (κ3) is 4.45. The van der Waals surface area contributed by atoms with Crippen LogP contribution in [0.15, 0.2) is 52.9 Å². The molecule has 27 heavy (non-hydrogen) atoms. The first-order valence-electron chi connectivity index (χ1n) is 8.37. The number of ether oxygens (including phenoxy) is 2. The first-order chi connectivity index (χ1) is 13.1. The Kier molecular flexibility index (Phi) is 5.73.